The molecule has 0 spiro atoms. The van der Waals surface area contributed by atoms with Crippen molar-refractivity contribution in [2.75, 3.05) is 7.11 Å². The second-order valence-electron chi connectivity index (χ2n) is 10.9. The van der Waals surface area contributed by atoms with Gasteiger partial charge in [-0.2, -0.15) is 0 Å². The zero-order valence-corrected chi connectivity index (χ0v) is 22.7. The van der Waals surface area contributed by atoms with E-state index in [4.69, 9.17) is 9.47 Å². The van der Waals surface area contributed by atoms with Crippen LogP contribution < -0.4 is 9.47 Å². The molecule has 2 aromatic carbocycles. The first kappa shape index (κ1) is 28.5. The van der Waals surface area contributed by atoms with Gasteiger partial charge >= 0.3 is 5.97 Å². The van der Waals surface area contributed by atoms with Gasteiger partial charge in [-0.3, -0.25) is 4.79 Å². The molecular formula is C31H34F3NO4. The molecule has 4 rings (SSSR count). The number of rotatable bonds is 10. The average Bonchev–Trinajstić information content (AvgIpc) is 3.26. The summed E-state index contributed by atoms with van der Waals surface area (Å²) >= 11 is 0. The molecule has 1 fully saturated rings. The van der Waals surface area contributed by atoms with Crippen molar-refractivity contribution in [2.24, 2.45) is 5.41 Å². The molecule has 1 aromatic heterocycles. The normalized spacial score (nSPS) is 17.2. The van der Waals surface area contributed by atoms with Crippen molar-refractivity contribution in [3.8, 4) is 22.8 Å². The number of nitrogens with zero attached hydrogens (tertiary/aromatic N) is 1. The Kier molecular flexibility index (Phi) is 8.52. The third kappa shape index (κ3) is 6.21. The summed E-state index contributed by atoms with van der Waals surface area (Å²) in [6.45, 7) is 6.09. The fourth-order valence-corrected chi connectivity index (χ4v) is 5.71. The lowest BCUT2D eigenvalue weighted by atomic mass is 9.75. The lowest BCUT2D eigenvalue weighted by molar-refractivity contribution is -0.137. The third-order valence-corrected chi connectivity index (χ3v) is 7.86. The Balaban J connectivity index is 1.70. The van der Waals surface area contributed by atoms with E-state index in [1.807, 2.05) is 12.1 Å². The molecule has 0 unspecified atom stereocenters. The topological polar surface area (TPSA) is 68.7 Å². The third-order valence-electron chi connectivity index (χ3n) is 7.86. The molecule has 0 aliphatic heterocycles. The van der Waals surface area contributed by atoms with Crippen molar-refractivity contribution < 1.29 is 32.5 Å². The van der Waals surface area contributed by atoms with Gasteiger partial charge in [-0.05, 0) is 64.8 Å². The van der Waals surface area contributed by atoms with Crippen molar-refractivity contribution in [2.45, 2.75) is 71.3 Å². The Morgan fingerprint density at radius 3 is 2.56 bits per heavy atom. The maximum atomic E-state index is 15.3. The average molecular weight is 542 g/mol. The number of hydrogen-bond acceptors (Lipinski definition) is 4. The van der Waals surface area contributed by atoms with E-state index in [-0.39, 0.29) is 35.7 Å². The number of halogens is 3. The first-order valence-electron chi connectivity index (χ1n) is 13.2. The van der Waals surface area contributed by atoms with Crippen LogP contribution in [0.5, 0.6) is 11.6 Å². The summed E-state index contributed by atoms with van der Waals surface area (Å²) in [5.74, 6) is -3.49. The van der Waals surface area contributed by atoms with E-state index < -0.39 is 29.3 Å². The minimum Gasteiger partial charge on any atom is -0.486 e. The predicted molar refractivity (Wildman–Crippen MR) is 143 cm³/mol. The molecule has 0 saturated heterocycles. The number of aromatic nitrogens is 1. The minimum absolute atomic E-state index is 0.00923. The molecule has 39 heavy (non-hydrogen) atoms. The van der Waals surface area contributed by atoms with Gasteiger partial charge in [0.05, 0.1) is 19.7 Å². The quantitative estimate of drug-likeness (QED) is 0.282. The largest absolute Gasteiger partial charge is 0.486 e. The summed E-state index contributed by atoms with van der Waals surface area (Å²) in [6, 6.07) is 9.15. The van der Waals surface area contributed by atoms with Gasteiger partial charge in [-0.1, -0.05) is 45.4 Å². The van der Waals surface area contributed by atoms with E-state index in [1.165, 1.54) is 7.11 Å². The summed E-state index contributed by atoms with van der Waals surface area (Å²) < 4.78 is 55.7. The van der Waals surface area contributed by atoms with Crippen LogP contribution in [0.4, 0.5) is 13.2 Å². The standard InChI is InChI=1S/C31H34F3NO4/c1-5-19(12-29(36)37)22-13-20(32)14-27(30(22)34)39-17-18-8-9-21(24-15-28(38-4)35-16-26(24)33)23(11-18)25-7-6-10-31(25,2)3/h8-9,11,13-16,19,25H,5-7,10,12,17H2,1-4H3,(H,36,37)/t19-,25-/m0/s1. The van der Waals surface area contributed by atoms with Crippen LogP contribution in [-0.4, -0.2) is 23.2 Å². The van der Waals surface area contributed by atoms with Gasteiger partial charge in [0.2, 0.25) is 5.88 Å². The molecule has 3 aromatic rings. The van der Waals surface area contributed by atoms with Gasteiger partial charge in [0.1, 0.15) is 18.2 Å². The number of pyridine rings is 1. The predicted octanol–water partition coefficient (Wildman–Crippen LogP) is 8.02. The summed E-state index contributed by atoms with van der Waals surface area (Å²) in [5.41, 5.74) is 2.78. The Morgan fingerprint density at radius 2 is 1.92 bits per heavy atom. The molecule has 1 N–H and O–H groups in total. The van der Waals surface area contributed by atoms with E-state index in [0.717, 1.165) is 54.3 Å². The van der Waals surface area contributed by atoms with Crippen LogP contribution in [0, 0.1) is 22.9 Å². The van der Waals surface area contributed by atoms with Gasteiger partial charge in [0, 0.05) is 17.7 Å². The van der Waals surface area contributed by atoms with Gasteiger partial charge in [-0.15, -0.1) is 0 Å². The number of carboxylic acid groups (broad SMARTS) is 1. The molecule has 0 amide bonds. The van der Waals surface area contributed by atoms with E-state index in [2.05, 4.69) is 18.8 Å². The van der Waals surface area contributed by atoms with Gasteiger partial charge < -0.3 is 14.6 Å². The first-order valence-corrected chi connectivity index (χ1v) is 13.2. The SMILES string of the molecule is CC[C@@H](CC(=O)O)c1cc(F)cc(OCc2ccc(-c3cc(OC)ncc3F)c([C@@H]3CCCC3(C)C)c2)c1F. The number of hydrogen-bond donors (Lipinski definition) is 1. The second kappa shape index (κ2) is 11.7. The highest BCUT2D eigenvalue weighted by molar-refractivity contribution is 5.70. The van der Waals surface area contributed by atoms with Crippen LogP contribution in [0.25, 0.3) is 11.1 Å². The highest BCUT2D eigenvalue weighted by atomic mass is 19.1. The van der Waals surface area contributed by atoms with Crippen LogP contribution in [0.15, 0.2) is 42.6 Å². The first-order chi connectivity index (χ1) is 18.5. The fraction of sp³-hybridized carbons (Fsp3) is 0.419. The Bertz CT molecular complexity index is 1360. The lowest BCUT2D eigenvalue weighted by Crippen LogP contribution is -2.17. The molecule has 5 nitrogen and oxygen atoms in total. The monoisotopic (exact) mass is 541 g/mol. The highest BCUT2D eigenvalue weighted by Crippen LogP contribution is 2.51. The van der Waals surface area contributed by atoms with Crippen LogP contribution in [0.2, 0.25) is 0 Å². The van der Waals surface area contributed by atoms with Crippen molar-refractivity contribution in [1.82, 2.24) is 4.98 Å². The highest BCUT2D eigenvalue weighted by Gasteiger charge is 2.37. The summed E-state index contributed by atoms with van der Waals surface area (Å²) in [7, 11) is 1.48. The van der Waals surface area contributed by atoms with Gasteiger partial charge in [0.15, 0.2) is 11.6 Å². The molecule has 1 heterocycles. The van der Waals surface area contributed by atoms with Crippen molar-refractivity contribution >= 4 is 5.97 Å². The fourth-order valence-electron chi connectivity index (χ4n) is 5.71. The zero-order chi connectivity index (χ0) is 28.3. The molecular weight excluding hydrogens is 507 g/mol. The minimum atomic E-state index is -1.08. The number of methoxy groups -OCH3 is 1. The van der Waals surface area contributed by atoms with E-state index >= 15 is 4.39 Å². The number of aliphatic carboxylic acids is 1. The Labute approximate surface area is 227 Å². The maximum Gasteiger partial charge on any atom is 0.303 e. The Morgan fingerprint density at radius 1 is 1.15 bits per heavy atom. The lowest BCUT2D eigenvalue weighted by Gasteiger charge is -2.30. The molecule has 208 valence electrons. The molecule has 8 heteroatoms. The second-order valence-corrected chi connectivity index (χ2v) is 10.9. The number of carbonyl (C=O) groups is 1. The molecule has 0 radical (unpaired) electrons. The van der Waals surface area contributed by atoms with Gasteiger partial charge in [-0.25, -0.2) is 18.2 Å². The molecule has 1 aliphatic rings. The van der Waals surface area contributed by atoms with Crippen LogP contribution in [0.3, 0.4) is 0 Å². The van der Waals surface area contributed by atoms with Crippen molar-refractivity contribution in [3.63, 3.8) is 0 Å². The number of ether oxygens (including phenoxy) is 2. The summed E-state index contributed by atoms with van der Waals surface area (Å²) in [5, 5.41) is 9.18. The van der Waals surface area contributed by atoms with E-state index in [1.54, 1.807) is 19.1 Å². The molecule has 2 atom stereocenters. The summed E-state index contributed by atoms with van der Waals surface area (Å²) in [4.78, 5) is 15.2. The van der Waals surface area contributed by atoms with Crippen molar-refractivity contribution in [3.05, 3.63) is 76.7 Å². The van der Waals surface area contributed by atoms with Crippen LogP contribution in [-0.2, 0) is 11.4 Å². The molecule has 0 bridgehead atoms. The molecule has 1 aliphatic carbocycles. The number of benzene rings is 2. The molecule has 1 saturated carbocycles. The van der Waals surface area contributed by atoms with Crippen LogP contribution >= 0.6 is 0 Å². The van der Waals surface area contributed by atoms with Crippen molar-refractivity contribution in [1.29, 1.82) is 0 Å². The van der Waals surface area contributed by atoms with Gasteiger partial charge in [0.25, 0.3) is 0 Å². The Hall–Kier alpha value is -3.55. The summed E-state index contributed by atoms with van der Waals surface area (Å²) in [6.07, 6.45) is 4.20. The maximum absolute atomic E-state index is 15.3. The van der Waals surface area contributed by atoms with E-state index in [0.29, 0.717) is 17.9 Å². The zero-order valence-electron chi connectivity index (χ0n) is 22.7. The van der Waals surface area contributed by atoms with Crippen LogP contribution in [0.1, 0.15) is 81.4 Å². The number of carboxylic acids is 1. The van der Waals surface area contributed by atoms with E-state index in [9.17, 15) is 18.7 Å². The smallest absolute Gasteiger partial charge is 0.303 e.